The van der Waals surface area contributed by atoms with Gasteiger partial charge in [-0.25, -0.2) is 4.99 Å². The molecule has 1 aliphatic heterocycles. The van der Waals surface area contributed by atoms with E-state index in [0.717, 1.165) is 11.3 Å². The fraction of sp³-hybridized carbons (Fsp3) is 0.158. The number of aromatic hydroxyl groups is 1. The number of para-hydroxylation sites is 1. The lowest BCUT2D eigenvalue weighted by Gasteiger charge is -2.09. The van der Waals surface area contributed by atoms with Crippen molar-refractivity contribution in [2.24, 2.45) is 4.99 Å². The summed E-state index contributed by atoms with van der Waals surface area (Å²) in [5, 5.41) is 13.3. The highest BCUT2D eigenvalue weighted by Crippen LogP contribution is 2.38. The van der Waals surface area contributed by atoms with Gasteiger partial charge in [0.25, 0.3) is 5.91 Å². The van der Waals surface area contributed by atoms with Gasteiger partial charge < -0.3 is 19.9 Å². The summed E-state index contributed by atoms with van der Waals surface area (Å²) < 4.78 is 10.3. The number of ether oxygens (including phenoxy) is 2. The smallest absolute Gasteiger partial charge is 0.264 e. The quantitative estimate of drug-likeness (QED) is 0.804. The molecule has 3 rings (SSSR count). The minimum atomic E-state index is -0.228. The van der Waals surface area contributed by atoms with Crippen LogP contribution in [0.1, 0.15) is 11.1 Å². The van der Waals surface area contributed by atoms with Crippen LogP contribution in [0.25, 0.3) is 6.08 Å². The van der Waals surface area contributed by atoms with Gasteiger partial charge in [-0.1, -0.05) is 18.2 Å². The van der Waals surface area contributed by atoms with E-state index in [9.17, 15) is 9.90 Å². The number of aryl methyl sites for hydroxylation is 1. The summed E-state index contributed by atoms with van der Waals surface area (Å²) in [6.45, 7) is 1.96. The highest BCUT2D eigenvalue weighted by molar-refractivity contribution is 8.18. The van der Waals surface area contributed by atoms with E-state index in [1.807, 2.05) is 31.2 Å². The van der Waals surface area contributed by atoms with Crippen LogP contribution in [0.4, 0.5) is 5.69 Å². The van der Waals surface area contributed by atoms with E-state index in [2.05, 4.69) is 10.3 Å². The molecule has 1 amide bonds. The first kappa shape index (κ1) is 17.9. The average molecular weight is 370 g/mol. The molecular weight excluding hydrogens is 352 g/mol. The van der Waals surface area contributed by atoms with E-state index in [0.29, 0.717) is 15.6 Å². The number of nitrogens with one attached hydrogen (secondary N) is 1. The van der Waals surface area contributed by atoms with Gasteiger partial charge in [0.05, 0.1) is 24.8 Å². The molecule has 1 heterocycles. The largest absolute Gasteiger partial charge is 0.502 e. The molecule has 0 saturated carbocycles. The Morgan fingerprint density at radius 1 is 1.15 bits per heavy atom. The maximum Gasteiger partial charge on any atom is 0.264 e. The zero-order chi connectivity index (χ0) is 18.7. The van der Waals surface area contributed by atoms with Gasteiger partial charge in [0.2, 0.25) is 5.75 Å². The number of phenolic OH excluding ortho intramolecular Hbond substituents is 1. The molecule has 0 aromatic heterocycles. The molecule has 0 unspecified atom stereocenters. The topological polar surface area (TPSA) is 80.2 Å². The maximum atomic E-state index is 12.2. The third-order valence-corrected chi connectivity index (χ3v) is 4.70. The number of carbonyl (C=O) groups excluding carboxylic acids is 1. The van der Waals surface area contributed by atoms with E-state index >= 15 is 0 Å². The lowest BCUT2D eigenvalue weighted by Crippen LogP contribution is -2.19. The average Bonchev–Trinajstić information content (AvgIpc) is 2.97. The molecule has 0 spiro atoms. The molecule has 1 aliphatic rings. The molecule has 2 aromatic rings. The summed E-state index contributed by atoms with van der Waals surface area (Å²) in [5.74, 6) is 0.234. The molecular formula is C19H18N2O4S. The number of thioether (sulfide) groups is 1. The summed E-state index contributed by atoms with van der Waals surface area (Å²) in [6.07, 6.45) is 1.70. The first-order valence-corrected chi connectivity index (χ1v) is 8.63. The van der Waals surface area contributed by atoms with Crippen LogP contribution in [-0.2, 0) is 4.79 Å². The molecule has 1 fully saturated rings. The van der Waals surface area contributed by atoms with E-state index in [-0.39, 0.29) is 23.2 Å². The van der Waals surface area contributed by atoms with Crippen molar-refractivity contribution in [1.82, 2.24) is 5.32 Å². The summed E-state index contributed by atoms with van der Waals surface area (Å²) in [4.78, 5) is 17.2. The third kappa shape index (κ3) is 3.67. The van der Waals surface area contributed by atoms with E-state index < -0.39 is 0 Å². The zero-order valence-corrected chi connectivity index (χ0v) is 15.4. The van der Waals surface area contributed by atoms with Crippen molar-refractivity contribution in [1.29, 1.82) is 0 Å². The van der Waals surface area contributed by atoms with Crippen LogP contribution in [0, 0.1) is 6.92 Å². The monoisotopic (exact) mass is 370 g/mol. The van der Waals surface area contributed by atoms with Crippen molar-refractivity contribution in [2.45, 2.75) is 6.92 Å². The number of nitrogens with zero attached hydrogens (tertiary/aromatic N) is 1. The third-order valence-electron chi connectivity index (χ3n) is 3.79. The Kier molecular flexibility index (Phi) is 5.18. The minimum Gasteiger partial charge on any atom is -0.502 e. The summed E-state index contributed by atoms with van der Waals surface area (Å²) in [6, 6.07) is 11.0. The van der Waals surface area contributed by atoms with Gasteiger partial charge in [0.1, 0.15) is 0 Å². The Hall–Kier alpha value is -2.93. The lowest BCUT2D eigenvalue weighted by atomic mass is 10.1. The van der Waals surface area contributed by atoms with Crippen LogP contribution >= 0.6 is 11.8 Å². The molecule has 0 atom stereocenters. The van der Waals surface area contributed by atoms with Crippen molar-refractivity contribution in [3.05, 3.63) is 52.4 Å². The van der Waals surface area contributed by atoms with Crippen LogP contribution in [0.5, 0.6) is 17.2 Å². The number of amides is 1. The van der Waals surface area contributed by atoms with Gasteiger partial charge >= 0.3 is 0 Å². The highest BCUT2D eigenvalue weighted by atomic mass is 32.2. The molecule has 26 heavy (non-hydrogen) atoms. The molecule has 2 N–H and O–H groups in total. The van der Waals surface area contributed by atoms with Crippen LogP contribution in [0.3, 0.4) is 0 Å². The van der Waals surface area contributed by atoms with Crippen molar-refractivity contribution in [3.63, 3.8) is 0 Å². The standard InChI is InChI=1S/C19H18N2O4S/c1-11-6-4-5-7-13(11)20-19-21-18(23)16(26-19)10-12-8-14(24-2)17(22)15(9-12)25-3/h4-10,22H,1-3H3,(H,20,21,23)/b16-10+. The molecule has 1 saturated heterocycles. The molecule has 0 bridgehead atoms. The van der Waals surface area contributed by atoms with Crippen LogP contribution in [0.15, 0.2) is 46.3 Å². The SMILES string of the molecule is COc1cc(/C=C2/SC(=Nc3ccccc3C)NC2=O)cc(OC)c1O. The predicted molar refractivity (Wildman–Crippen MR) is 103 cm³/mol. The normalized spacial score (nSPS) is 16.8. The van der Waals surface area contributed by atoms with Gasteiger partial charge in [0.15, 0.2) is 16.7 Å². The highest BCUT2D eigenvalue weighted by Gasteiger charge is 2.24. The molecule has 134 valence electrons. The predicted octanol–water partition coefficient (Wildman–Crippen LogP) is 3.61. The summed E-state index contributed by atoms with van der Waals surface area (Å²) in [5.41, 5.74) is 2.51. The Labute approximate surface area is 155 Å². The van der Waals surface area contributed by atoms with Crippen molar-refractivity contribution in [2.75, 3.05) is 14.2 Å². The minimum absolute atomic E-state index is 0.0810. The Bertz CT molecular complexity index is 897. The number of rotatable bonds is 4. The number of methoxy groups -OCH3 is 2. The first-order valence-electron chi connectivity index (χ1n) is 7.82. The fourth-order valence-electron chi connectivity index (χ4n) is 2.43. The van der Waals surface area contributed by atoms with Gasteiger partial charge in [-0.15, -0.1) is 0 Å². The van der Waals surface area contributed by atoms with Crippen molar-refractivity contribution >= 4 is 34.6 Å². The Morgan fingerprint density at radius 2 is 1.81 bits per heavy atom. The van der Waals surface area contributed by atoms with Gasteiger partial charge in [-0.2, -0.15) is 0 Å². The zero-order valence-electron chi connectivity index (χ0n) is 14.6. The molecule has 7 heteroatoms. The maximum absolute atomic E-state index is 12.2. The number of hydrogen-bond donors (Lipinski definition) is 2. The second-order valence-electron chi connectivity index (χ2n) is 5.54. The number of hydrogen-bond acceptors (Lipinski definition) is 6. The fourth-order valence-corrected chi connectivity index (χ4v) is 3.26. The van der Waals surface area contributed by atoms with Crippen molar-refractivity contribution in [3.8, 4) is 17.2 Å². The first-order chi connectivity index (χ1) is 12.5. The summed E-state index contributed by atoms with van der Waals surface area (Å²) in [7, 11) is 2.91. The number of benzene rings is 2. The number of carbonyl (C=O) groups is 1. The molecule has 2 aromatic carbocycles. The Morgan fingerprint density at radius 3 is 2.42 bits per heavy atom. The van der Waals surface area contributed by atoms with Crippen LogP contribution in [-0.4, -0.2) is 30.4 Å². The van der Waals surface area contributed by atoms with Crippen molar-refractivity contribution < 1.29 is 19.4 Å². The molecule has 6 nitrogen and oxygen atoms in total. The lowest BCUT2D eigenvalue weighted by molar-refractivity contribution is -0.115. The summed E-state index contributed by atoms with van der Waals surface area (Å²) >= 11 is 1.25. The van der Waals surface area contributed by atoms with Gasteiger partial charge in [-0.05, 0) is 54.1 Å². The van der Waals surface area contributed by atoms with E-state index in [1.165, 1.54) is 26.0 Å². The van der Waals surface area contributed by atoms with Crippen LogP contribution < -0.4 is 14.8 Å². The van der Waals surface area contributed by atoms with E-state index in [1.54, 1.807) is 18.2 Å². The molecule has 0 radical (unpaired) electrons. The Balaban J connectivity index is 1.91. The van der Waals surface area contributed by atoms with Gasteiger partial charge in [0, 0.05) is 0 Å². The van der Waals surface area contributed by atoms with E-state index in [4.69, 9.17) is 9.47 Å². The number of aliphatic imine (C=N–C) groups is 1. The number of amidine groups is 1. The second kappa shape index (κ2) is 7.53. The number of phenols is 1. The molecule has 0 aliphatic carbocycles. The van der Waals surface area contributed by atoms with Gasteiger partial charge in [-0.3, -0.25) is 4.79 Å². The second-order valence-corrected chi connectivity index (χ2v) is 6.57. The van der Waals surface area contributed by atoms with Crippen LogP contribution in [0.2, 0.25) is 0 Å².